The van der Waals surface area contributed by atoms with Gasteiger partial charge in [-0.3, -0.25) is 14.4 Å². The molecule has 0 radical (unpaired) electrons. The van der Waals surface area contributed by atoms with Crippen LogP contribution < -0.4 is 10.8 Å². The Kier molecular flexibility index (Phi) is 9.48. The molecule has 0 aromatic heterocycles. The summed E-state index contributed by atoms with van der Waals surface area (Å²) in [4.78, 5) is 41.1. The maximum atomic E-state index is 12.3. The third-order valence-corrected chi connectivity index (χ3v) is 3.33. The molecule has 3 unspecified atom stereocenters. The van der Waals surface area contributed by atoms with Gasteiger partial charge in [0.05, 0.1) is 18.6 Å². The van der Waals surface area contributed by atoms with E-state index >= 15 is 0 Å². The van der Waals surface area contributed by atoms with Crippen molar-refractivity contribution in [1.29, 1.82) is 0 Å². The summed E-state index contributed by atoms with van der Waals surface area (Å²) in [6.07, 6.45) is -1.27. The molecule has 0 bridgehead atoms. The Morgan fingerprint density at radius 3 is 2.04 bits per heavy atom. The van der Waals surface area contributed by atoms with E-state index in [0.29, 0.717) is 0 Å². The minimum absolute atomic E-state index is 0.186. The average Bonchev–Trinajstić information content (AvgIpc) is 2.47. The summed E-state index contributed by atoms with van der Waals surface area (Å²) >= 11 is 0. The van der Waals surface area contributed by atoms with Crippen LogP contribution in [0.4, 0.5) is 4.79 Å². The summed E-state index contributed by atoms with van der Waals surface area (Å²) in [5.41, 5.74) is 1.63. The molecule has 0 saturated heterocycles. The smallest absolute Gasteiger partial charge is 0.408 e. The first-order valence-corrected chi connectivity index (χ1v) is 8.50. The van der Waals surface area contributed by atoms with Crippen molar-refractivity contribution in [2.24, 2.45) is 11.8 Å². The maximum Gasteiger partial charge on any atom is 0.408 e. The van der Waals surface area contributed by atoms with Gasteiger partial charge in [-0.15, -0.1) is 0 Å². The molecular formula is C17H32N2O6. The number of esters is 1. The Morgan fingerprint density at radius 2 is 1.60 bits per heavy atom. The van der Waals surface area contributed by atoms with Gasteiger partial charge in [-0.05, 0) is 47.5 Å². The highest BCUT2D eigenvalue weighted by molar-refractivity contribution is 5.85. The molecule has 0 aliphatic carbocycles. The van der Waals surface area contributed by atoms with Crippen LogP contribution in [-0.2, 0) is 23.9 Å². The van der Waals surface area contributed by atoms with E-state index in [1.165, 1.54) is 0 Å². The maximum absolute atomic E-state index is 12.3. The minimum Gasteiger partial charge on any atom is -0.466 e. The van der Waals surface area contributed by atoms with Crippen LogP contribution in [0.15, 0.2) is 0 Å². The lowest BCUT2D eigenvalue weighted by atomic mass is 10.0. The highest BCUT2D eigenvalue weighted by atomic mass is 16.7. The fourth-order valence-corrected chi connectivity index (χ4v) is 1.75. The Morgan fingerprint density at radius 1 is 1.04 bits per heavy atom. The summed E-state index contributed by atoms with van der Waals surface area (Å²) in [5.74, 6) is -1.66. The second-order valence-electron chi connectivity index (χ2n) is 7.20. The SMILES string of the molecule is CCOC(=O)C(C)C(C)ONC(=O)C(NC(=O)OC(C)(C)C)C(C)C. The van der Waals surface area contributed by atoms with Crippen LogP contribution in [0, 0.1) is 11.8 Å². The predicted octanol–water partition coefficient (Wildman–Crippen LogP) is 2.17. The van der Waals surface area contributed by atoms with Crippen LogP contribution in [0.25, 0.3) is 0 Å². The van der Waals surface area contributed by atoms with Crippen molar-refractivity contribution in [3.8, 4) is 0 Å². The van der Waals surface area contributed by atoms with Gasteiger partial charge in [0.15, 0.2) is 0 Å². The van der Waals surface area contributed by atoms with Gasteiger partial charge < -0.3 is 14.8 Å². The zero-order valence-electron chi connectivity index (χ0n) is 16.5. The van der Waals surface area contributed by atoms with Gasteiger partial charge in [-0.25, -0.2) is 10.3 Å². The Balaban J connectivity index is 4.65. The number of ether oxygens (including phenoxy) is 2. The van der Waals surface area contributed by atoms with Crippen LogP contribution in [-0.4, -0.2) is 42.3 Å². The van der Waals surface area contributed by atoms with Gasteiger partial charge in [0.2, 0.25) is 0 Å². The molecule has 8 nitrogen and oxygen atoms in total. The van der Waals surface area contributed by atoms with Crippen LogP contribution in [0.3, 0.4) is 0 Å². The summed E-state index contributed by atoms with van der Waals surface area (Å²) in [6, 6.07) is -0.833. The monoisotopic (exact) mass is 360 g/mol. The van der Waals surface area contributed by atoms with Crippen molar-refractivity contribution in [1.82, 2.24) is 10.8 Å². The van der Waals surface area contributed by atoms with Crippen molar-refractivity contribution < 1.29 is 28.7 Å². The molecular weight excluding hydrogens is 328 g/mol. The van der Waals surface area contributed by atoms with Gasteiger partial charge in [-0.2, -0.15) is 0 Å². The van der Waals surface area contributed by atoms with Gasteiger partial charge in [0.25, 0.3) is 5.91 Å². The zero-order chi connectivity index (χ0) is 19.8. The molecule has 146 valence electrons. The third-order valence-electron chi connectivity index (χ3n) is 3.33. The summed E-state index contributed by atoms with van der Waals surface area (Å²) in [5, 5.41) is 2.52. The number of rotatable bonds is 8. The Hall–Kier alpha value is -1.83. The van der Waals surface area contributed by atoms with E-state index in [4.69, 9.17) is 14.3 Å². The topological polar surface area (TPSA) is 103 Å². The average molecular weight is 360 g/mol. The van der Waals surface area contributed by atoms with E-state index in [1.54, 1.807) is 55.4 Å². The normalized spacial score (nSPS) is 15.1. The predicted molar refractivity (Wildman–Crippen MR) is 92.5 cm³/mol. The van der Waals surface area contributed by atoms with E-state index in [9.17, 15) is 14.4 Å². The lowest BCUT2D eigenvalue weighted by molar-refractivity contribution is -0.159. The molecule has 0 rings (SSSR count). The van der Waals surface area contributed by atoms with E-state index < -0.39 is 41.6 Å². The number of hydroxylamine groups is 1. The highest BCUT2D eigenvalue weighted by Crippen LogP contribution is 2.10. The summed E-state index contributed by atoms with van der Waals surface area (Å²) in [7, 11) is 0. The fourth-order valence-electron chi connectivity index (χ4n) is 1.75. The number of carbonyl (C=O) groups is 3. The van der Waals surface area contributed by atoms with Gasteiger partial charge in [0.1, 0.15) is 11.6 Å². The van der Waals surface area contributed by atoms with Crippen molar-refractivity contribution in [2.75, 3.05) is 6.61 Å². The number of carbonyl (C=O) groups excluding carboxylic acids is 3. The van der Waals surface area contributed by atoms with E-state index in [2.05, 4.69) is 10.8 Å². The molecule has 2 amide bonds. The number of hydrogen-bond acceptors (Lipinski definition) is 6. The largest absolute Gasteiger partial charge is 0.466 e. The lowest BCUT2D eigenvalue weighted by Gasteiger charge is -2.26. The summed E-state index contributed by atoms with van der Waals surface area (Å²) < 4.78 is 10.1. The first kappa shape index (κ1) is 23.2. The molecule has 0 aliphatic rings. The third kappa shape index (κ3) is 9.28. The molecule has 0 heterocycles. The number of hydrogen-bond donors (Lipinski definition) is 2. The molecule has 0 fully saturated rings. The second-order valence-corrected chi connectivity index (χ2v) is 7.20. The quantitative estimate of drug-likeness (QED) is 0.508. The summed E-state index contributed by atoms with van der Waals surface area (Å²) in [6.45, 7) is 14.1. The fraction of sp³-hybridized carbons (Fsp3) is 0.824. The molecule has 25 heavy (non-hydrogen) atoms. The van der Waals surface area contributed by atoms with Crippen molar-refractivity contribution in [3.05, 3.63) is 0 Å². The van der Waals surface area contributed by atoms with E-state index in [1.807, 2.05) is 0 Å². The zero-order valence-corrected chi connectivity index (χ0v) is 16.5. The molecule has 2 N–H and O–H groups in total. The van der Waals surface area contributed by atoms with Crippen LogP contribution in [0.2, 0.25) is 0 Å². The van der Waals surface area contributed by atoms with Crippen molar-refractivity contribution in [2.45, 2.75) is 73.1 Å². The van der Waals surface area contributed by atoms with Crippen molar-refractivity contribution >= 4 is 18.0 Å². The van der Waals surface area contributed by atoms with Gasteiger partial charge in [-0.1, -0.05) is 13.8 Å². The van der Waals surface area contributed by atoms with Crippen molar-refractivity contribution in [3.63, 3.8) is 0 Å². The first-order chi connectivity index (χ1) is 11.4. The standard InChI is InChI=1S/C17H32N2O6/c1-9-23-15(21)11(4)12(5)25-19-14(20)13(10(2)3)18-16(22)24-17(6,7)8/h10-13H,9H2,1-8H3,(H,18,22)(H,19,20). The molecule has 0 spiro atoms. The van der Waals surface area contributed by atoms with Crippen LogP contribution in [0.1, 0.15) is 55.4 Å². The molecule has 0 saturated carbocycles. The Bertz CT molecular complexity index is 459. The van der Waals surface area contributed by atoms with E-state index in [-0.39, 0.29) is 12.5 Å². The molecule has 3 atom stereocenters. The Labute approximate surface area is 149 Å². The van der Waals surface area contributed by atoms with Gasteiger partial charge >= 0.3 is 12.1 Å². The van der Waals surface area contributed by atoms with Crippen LogP contribution in [0.5, 0.6) is 0 Å². The number of amides is 2. The highest BCUT2D eigenvalue weighted by Gasteiger charge is 2.29. The second kappa shape index (κ2) is 10.2. The molecule has 0 aliphatic heterocycles. The van der Waals surface area contributed by atoms with Crippen LogP contribution >= 0.6 is 0 Å². The molecule has 0 aromatic rings. The first-order valence-electron chi connectivity index (χ1n) is 8.50. The number of alkyl carbamates (subject to hydrolysis) is 1. The molecule has 0 aromatic carbocycles. The number of nitrogens with one attached hydrogen (secondary N) is 2. The molecule has 8 heteroatoms. The van der Waals surface area contributed by atoms with E-state index in [0.717, 1.165) is 0 Å². The lowest BCUT2D eigenvalue weighted by Crippen LogP contribution is -2.51. The van der Waals surface area contributed by atoms with Gasteiger partial charge in [0, 0.05) is 0 Å². The minimum atomic E-state index is -0.833.